The second-order valence-corrected chi connectivity index (χ2v) is 20.2. The molecule has 0 fully saturated rings. The van der Waals surface area contributed by atoms with Crippen molar-refractivity contribution >= 4 is 31.9 Å². The average Bonchev–Trinajstić information content (AvgIpc) is 3.00. The molecule has 0 unspecified atom stereocenters. The fraction of sp³-hybridized carbons (Fsp3) is 1.00. The minimum absolute atomic E-state index is 0.0614. The molecule has 0 aliphatic heterocycles. The lowest BCUT2D eigenvalue weighted by molar-refractivity contribution is -0.958. The molecule has 4 heteroatoms. The van der Waals surface area contributed by atoms with Crippen LogP contribution < -0.4 is 0 Å². The molecule has 0 saturated carbocycles. The third-order valence-corrected chi connectivity index (χ3v) is 13.1. The quantitative estimate of drug-likeness (QED) is 0.0255. The number of hydrogen-bond donors (Lipinski definition) is 0. The van der Waals surface area contributed by atoms with Crippen LogP contribution in [0.2, 0.25) is 0 Å². The number of nitrogens with zero attached hydrogens (tertiary/aromatic N) is 2. The molecule has 278 valence electrons. The Hall–Kier alpha value is 0.880. The van der Waals surface area contributed by atoms with Crippen LogP contribution in [0.3, 0.4) is 0 Å². The third-order valence-electron chi connectivity index (χ3n) is 10.7. The fourth-order valence-corrected chi connectivity index (χ4v) is 8.80. The van der Waals surface area contributed by atoms with Crippen LogP contribution in [-0.2, 0) is 0 Å². The van der Waals surface area contributed by atoms with Crippen LogP contribution in [0.5, 0.6) is 0 Å². The fourth-order valence-electron chi connectivity index (χ4n) is 7.09. The maximum atomic E-state index is 4.15. The van der Waals surface area contributed by atoms with Crippen LogP contribution in [0.1, 0.15) is 219 Å². The van der Waals surface area contributed by atoms with Crippen LogP contribution in [-0.4, -0.2) is 60.1 Å². The zero-order chi connectivity index (χ0) is 34.2. The van der Waals surface area contributed by atoms with Crippen LogP contribution in [0.15, 0.2) is 0 Å². The number of rotatable bonds is 37. The maximum Gasteiger partial charge on any atom is 0.257 e. The Morgan fingerprint density at radius 1 is 0.326 bits per heavy atom. The van der Waals surface area contributed by atoms with Crippen molar-refractivity contribution < 1.29 is 8.97 Å². The summed E-state index contributed by atoms with van der Waals surface area (Å²) >= 11 is 8.30. The van der Waals surface area contributed by atoms with E-state index < -0.39 is 0 Å². The van der Waals surface area contributed by atoms with E-state index in [1.165, 1.54) is 219 Å². The van der Waals surface area contributed by atoms with Gasteiger partial charge < -0.3 is 8.97 Å². The molecule has 0 bridgehead atoms. The Bertz CT molecular complexity index is 619. The second kappa shape index (κ2) is 31.8. The molecule has 0 atom stereocenters. The summed E-state index contributed by atoms with van der Waals surface area (Å²) in [4.78, 5) is 0. The van der Waals surface area contributed by atoms with Crippen molar-refractivity contribution in [3.05, 3.63) is 0 Å². The molecule has 0 N–H and O–H groups in total. The van der Waals surface area contributed by atoms with Gasteiger partial charge in [0.1, 0.15) is 0 Å². The van der Waals surface area contributed by atoms with Gasteiger partial charge in [-0.15, -0.1) is 0 Å². The Morgan fingerprint density at radius 3 is 0.804 bits per heavy atom. The highest BCUT2D eigenvalue weighted by Gasteiger charge is 2.45. The Kier molecular flexibility index (Phi) is 32.4. The molecule has 0 saturated heterocycles. The van der Waals surface area contributed by atoms with E-state index in [1.807, 2.05) is 0 Å². The van der Waals surface area contributed by atoms with Crippen LogP contribution in [0, 0.1) is 0 Å². The number of unbranched alkanes of at least 4 members (excludes halogenated alkanes) is 30. The van der Waals surface area contributed by atoms with Gasteiger partial charge in [0.25, 0.3) is 3.36 Å². The molecule has 0 aromatic carbocycles. The van der Waals surface area contributed by atoms with Crippen LogP contribution >= 0.6 is 31.9 Å². The van der Waals surface area contributed by atoms with Gasteiger partial charge in [0.05, 0.1) is 41.3 Å². The van der Waals surface area contributed by atoms with Crippen LogP contribution in [0.25, 0.3) is 0 Å². The SMILES string of the molecule is CCCCCCCCCCCCCCCCCC[N+](C)(C)CC(Br)(Br)[N+](C)(C)CCCCCCCCCCCCCCCCCC. The summed E-state index contributed by atoms with van der Waals surface area (Å²) in [7, 11) is 9.67. The lowest BCUT2D eigenvalue weighted by Gasteiger charge is -2.45. The normalized spacial score (nSPS) is 12.8. The van der Waals surface area contributed by atoms with Crippen molar-refractivity contribution in [3.8, 4) is 0 Å². The maximum absolute atomic E-state index is 4.15. The topological polar surface area (TPSA) is 0 Å². The first kappa shape index (κ1) is 46.9. The minimum Gasteiger partial charge on any atom is -0.322 e. The Morgan fingerprint density at radius 2 is 0.543 bits per heavy atom. The zero-order valence-corrected chi connectivity index (χ0v) is 36.1. The van der Waals surface area contributed by atoms with E-state index in [0.29, 0.717) is 0 Å². The summed E-state index contributed by atoms with van der Waals surface area (Å²) in [6.07, 6.45) is 46.0. The molecule has 0 aromatic rings. The number of quaternary nitrogens is 2. The van der Waals surface area contributed by atoms with Crippen LogP contribution in [0.4, 0.5) is 0 Å². The van der Waals surface area contributed by atoms with Gasteiger partial charge in [-0.25, -0.2) is 0 Å². The van der Waals surface area contributed by atoms with Gasteiger partial charge in [-0.1, -0.05) is 194 Å². The van der Waals surface area contributed by atoms with Crippen molar-refractivity contribution in [1.82, 2.24) is 0 Å². The summed E-state index contributed by atoms with van der Waals surface area (Å²) in [5.74, 6) is 0. The van der Waals surface area contributed by atoms with E-state index in [2.05, 4.69) is 73.9 Å². The molecule has 2 nitrogen and oxygen atoms in total. The van der Waals surface area contributed by atoms with E-state index in [0.717, 1.165) is 15.5 Å². The predicted molar refractivity (Wildman–Crippen MR) is 218 cm³/mol. The molecule has 0 radical (unpaired) electrons. The van der Waals surface area contributed by atoms with Gasteiger partial charge >= 0.3 is 0 Å². The smallest absolute Gasteiger partial charge is 0.257 e. The monoisotopic (exact) mass is 779 g/mol. The molecular formula is C42H88Br2N2+2. The molecule has 0 heterocycles. The molecule has 0 rings (SSSR count). The lowest BCUT2D eigenvalue weighted by atomic mass is 10.0. The number of hydrogen-bond acceptors (Lipinski definition) is 0. The van der Waals surface area contributed by atoms with E-state index >= 15 is 0 Å². The first-order valence-electron chi connectivity index (χ1n) is 21.1. The summed E-state index contributed by atoms with van der Waals surface area (Å²) < 4.78 is 2.01. The summed E-state index contributed by atoms with van der Waals surface area (Å²) in [6.45, 7) is 8.23. The zero-order valence-electron chi connectivity index (χ0n) is 32.9. The van der Waals surface area contributed by atoms with Crippen molar-refractivity contribution in [1.29, 1.82) is 0 Å². The van der Waals surface area contributed by atoms with Gasteiger partial charge in [-0.05, 0) is 25.7 Å². The van der Waals surface area contributed by atoms with E-state index in [9.17, 15) is 0 Å². The first-order chi connectivity index (χ1) is 22.1. The Labute approximate surface area is 309 Å². The van der Waals surface area contributed by atoms with Gasteiger partial charge in [0, 0.05) is 31.9 Å². The van der Waals surface area contributed by atoms with E-state index in [1.54, 1.807) is 0 Å². The van der Waals surface area contributed by atoms with Crippen molar-refractivity contribution in [2.45, 2.75) is 223 Å². The van der Waals surface area contributed by atoms with Gasteiger partial charge in [0.2, 0.25) is 0 Å². The largest absolute Gasteiger partial charge is 0.322 e. The third kappa shape index (κ3) is 29.8. The minimum atomic E-state index is -0.0614. The molecule has 0 spiro atoms. The average molecular weight is 781 g/mol. The standard InChI is InChI=1S/C42H88Br2N2/c1-7-9-11-13-15-17-19-21-23-25-27-29-31-33-35-37-39-45(3,4)41-42(43,44)46(5,6)40-38-36-34-32-30-28-26-24-22-20-18-16-14-12-10-8-2/h7-41H2,1-6H3/q+2. The first-order valence-corrected chi connectivity index (χ1v) is 22.7. The summed E-state index contributed by atoms with van der Waals surface area (Å²) in [6, 6.07) is 0. The number of alkyl halides is 2. The van der Waals surface area contributed by atoms with E-state index in [-0.39, 0.29) is 3.36 Å². The van der Waals surface area contributed by atoms with Crippen molar-refractivity contribution in [3.63, 3.8) is 0 Å². The molecule has 0 aromatic heterocycles. The van der Waals surface area contributed by atoms with Crippen molar-refractivity contribution in [2.24, 2.45) is 0 Å². The molecule has 0 aliphatic rings. The molecule has 46 heavy (non-hydrogen) atoms. The summed E-state index contributed by atoms with van der Waals surface area (Å²) in [5, 5.41) is 0. The van der Waals surface area contributed by atoms with Crippen molar-refractivity contribution in [2.75, 3.05) is 47.8 Å². The molecule has 0 amide bonds. The molecular weight excluding hydrogens is 692 g/mol. The highest BCUT2D eigenvalue weighted by Crippen LogP contribution is 2.37. The highest BCUT2D eigenvalue weighted by molar-refractivity contribution is 9.25. The van der Waals surface area contributed by atoms with Gasteiger partial charge in [-0.2, -0.15) is 0 Å². The Balaban J connectivity index is 3.76. The predicted octanol–water partition coefficient (Wildman–Crippen LogP) is 15.1. The lowest BCUT2D eigenvalue weighted by Crippen LogP contribution is -2.61. The van der Waals surface area contributed by atoms with Gasteiger partial charge in [-0.3, -0.25) is 0 Å². The highest BCUT2D eigenvalue weighted by atomic mass is 79.9. The van der Waals surface area contributed by atoms with E-state index in [4.69, 9.17) is 0 Å². The number of likely N-dealkylation sites (N-methyl/N-ethyl adjacent to an activating group) is 2. The second-order valence-electron chi connectivity index (χ2n) is 16.5. The summed E-state index contributed by atoms with van der Waals surface area (Å²) in [5.41, 5.74) is 0. The number of halogens is 2. The molecule has 0 aliphatic carbocycles. The van der Waals surface area contributed by atoms with Gasteiger partial charge in [0.15, 0.2) is 6.54 Å².